The lowest BCUT2D eigenvalue weighted by Crippen LogP contribution is -2.47. The number of hydrogen-bond acceptors (Lipinski definition) is 8. The van der Waals surface area contributed by atoms with E-state index in [4.69, 9.17) is 9.05 Å². The monoisotopic (exact) mass is 334 g/mol. The molecule has 1 amide bonds. The van der Waals surface area contributed by atoms with Gasteiger partial charge in [-0.1, -0.05) is 10.3 Å². The summed E-state index contributed by atoms with van der Waals surface area (Å²) in [5.41, 5.74) is 0.734. The molecule has 1 aliphatic heterocycles. The molecule has 130 valence electrons. The highest BCUT2D eigenvalue weighted by Crippen LogP contribution is 2.13. The Labute approximate surface area is 139 Å². The Hall–Kier alpha value is -2.26. The Morgan fingerprint density at radius 3 is 2.96 bits per heavy atom. The molecule has 0 unspecified atom stereocenters. The molecular formula is C15H22N6O3. The smallest absolute Gasteiger partial charge is 0.240 e. The Bertz CT molecular complexity index is 682. The number of piperidine rings is 1. The van der Waals surface area contributed by atoms with Gasteiger partial charge in [0.15, 0.2) is 5.82 Å². The van der Waals surface area contributed by atoms with E-state index in [1.54, 1.807) is 19.9 Å². The molecule has 1 saturated heterocycles. The fraction of sp³-hybridized carbons (Fsp3) is 0.600. The molecule has 0 spiro atoms. The summed E-state index contributed by atoms with van der Waals surface area (Å²) in [5.74, 6) is 1.51. The van der Waals surface area contributed by atoms with Gasteiger partial charge in [0.05, 0.1) is 18.8 Å². The fourth-order valence-electron chi connectivity index (χ4n) is 2.81. The van der Waals surface area contributed by atoms with Crippen molar-refractivity contribution in [1.82, 2.24) is 25.5 Å². The van der Waals surface area contributed by atoms with Crippen LogP contribution in [0.2, 0.25) is 0 Å². The highest BCUT2D eigenvalue weighted by atomic mass is 16.5. The number of amides is 1. The van der Waals surface area contributed by atoms with Gasteiger partial charge in [0.25, 0.3) is 0 Å². The number of nitrogens with one attached hydrogen (secondary N) is 2. The van der Waals surface area contributed by atoms with Crippen molar-refractivity contribution in [3.8, 4) is 0 Å². The average molecular weight is 334 g/mol. The first-order valence-electron chi connectivity index (χ1n) is 8.06. The molecule has 0 radical (unpaired) electrons. The third-order valence-electron chi connectivity index (χ3n) is 3.88. The summed E-state index contributed by atoms with van der Waals surface area (Å²) >= 11 is 0. The van der Waals surface area contributed by atoms with Gasteiger partial charge in [0.1, 0.15) is 0 Å². The number of nitrogens with zero attached hydrogens (tertiary/aromatic N) is 4. The van der Waals surface area contributed by atoms with Crippen molar-refractivity contribution < 1.29 is 13.8 Å². The second-order valence-electron chi connectivity index (χ2n) is 6.07. The average Bonchev–Trinajstić information content (AvgIpc) is 3.14. The Kier molecular flexibility index (Phi) is 5.21. The summed E-state index contributed by atoms with van der Waals surface area (Å²) in [6.07, 6.45) is 2.11. The molecule has 9 nitrogen and oxygen atoms in total. The van der Waals surface area contributed by atoms with Crippen LogP contribution in [-0.4, -0.2) is 51.8 Å². The van der Waals surface area contributed by atoms with E-state index in [0.29, 0.717) is 24.1 Å². The van der Waals surface area contributed by atoms with E-state index in [9.17, 15) is 4.79 Å². The number of likely N-dealkylation sites (tertiary alicyclic amines) is 1. The second kappa shape index (κ2) is 7.54. The SMILES string of the molecule is Cc1cc(NC(=O)CN[C@@H]2CCCN(Cc3noc(C)n3)C2)on1. The number of aryl methyl sites for hydroxylation is 2. The van der Waals surface area contributed by atoms with Gasteiger partial charge in [-0.2, -0.15) is 4.98 Å². The molecule has 1 atom stereocenters. The van der Waals surface area contributed by atoms with Crippen LogP contribution in [0.25, 0.3) is 0 Å². The van der Waals surface area contributed by atoms with E-state index in [1.165, 1.54) is 0 Å². The van der Waals surface area contributed by atoms with Crippen molar-refractivity contribution in [3.63, 3.8) is 0 Å². The highest BCUT2D eigenvalue weighted by molar-refractivity contribution is 5.90. The maximum Gasteiger partial charge on any atom is 0.240 e. The third kappa shape index (κ3) is 4.62. The molecule has 0 aromatic carbocycles. The summed E-state index contributed by atoms with van der Waals surface area (Å²) in [5, 5.41) is 13.6. The first kappa shape index (κ1) is 16.6. The van der Waals surface area contributed by atoms with Crippen molar-refractivity contribution >= 4 is 11.8 Å². The molecule has 3 rings (SSSR count). The zero-order valence-electron chi connectivity index (χ0n) is 13.9. The number of aromatic nitrogens is 3. The number of carbonyl (C=O) groups is 1. The van der Waals surface area contributed by atoms with Crippen LogP contribution in [-0.2, 0) is 11.3 Å². The number of carbonyl (C=O) groups excluding carboxylic acids is 1. The molecule has 2 aromatic rings. The van der Waals surface area contributed by atoms with Crippen molar-refractivity contribution in [2.45, 2.75) is 39.3 Å². The van der Waals surface area contributed by atoms with Crippen LogP contribution >= 0.6 is 0 Å². The number of hydrogen-bond donors (Lipinski definition) is 2. The zero-order valence-corrected chi connectivity index (χ0v) is 13.9. The van der Waals surface area contributed by atoms with Gasteiger partial charge in [-0.15, -0.1) is 0 Å². The van der Waals surface area contributed by atoms with Gasteiger partial charge in [-0.3, -0.25) is 15.0 Å². The first-order valence-corrected chi connectivity index (χ1v) is 8.06. The summed E-state index contributed by atoms with van der Waals surface area (Å²) in [4.78, 5) is 18.4. The number of rotatable bonds is 6. The third-order valence-corrected chi connectivity index (χ3v) is 3.88. The van der Waals surface area contributed by atoms with Gasteiger partial charge in [0, 0.05) is 25.6 Å². The van der Waals surface area contributed by atoms with Crippen LogP contribution in [0.15, 0.2) is 15.1 Å². The van der Waals surface area contributed by atoms with E-state index < -0.39 is 0 Å². The van der Waals surface area contributed by atoms with E-state index >= 15 is 0 Å². The predicted molar refractivity (Wildman–Crippen MR) is 85.2 cm³/mol. The lowest BCUT2D eigenvalue weighted by atomic mass is 10.1. The second-order valence-corrected chi connectivity index (χ2v) is 6.07. The zero-order chi connectivity index (χ0) is 16.9. The van der Waals surface area contributed by atoms with Gasteiger partial charge in [-0.05, 0) is 26.3 Å². The number of anilines is 1. The van der Waals surface area contributed by atoms with Crippen LogP contribution in [0.1, 0.15) is 30.3 Å². The Balaban J connectivity index is 1.42. The predicted octanol–water partition coefficient (Wildman–Crippen LogP) is 0.867. The van der Waals surface area contributed by atoms with Crippen molar-refractivity contribution in [2.24, 2.45) is 0 Å². The lowest BCUT2D eigenvalue weighted by Gasteiger charge is -2.32. The van der Waals surface area contributed by atoms with Gasteiger partial charge in [-0.25, -0.2) is 0 Å². The minimum atomic E-state index is -0.142. The lowest BCUT2D eigenvalue weighted by molar-refractivity contribution is -0.115. The van der Waals surface area contributed by atoms with Gasteiger partial charge < -0.3 is 14.4 Å². The van der Waals surface area contributed by atoms with E-state index in [-0.39, 0.29) is 18.5 Å². The first-order chi connectivity index (χ1) is 11.6. The van der Waals surface area contributed by atoms with E-state index in [2.05, 4.69) is 30.8 Å². The van der Waals surface area contributed by atoms with Crippen molar-refractivity contribution in [3.05, 3.63) is 23.5 Å². The summed E-state index contributed by atoms with van der Waals surface area (Å²) < 4.78 is 9.97. The Morgan fingerprint density at radius 2 is 2.25 bits per heavy atom. The minimum absolute atomic E-state index is 0.142. The largest absolute Gasteiger partial charge is 0.340 e. The maximum atomic E-state index is 11.9. The van der Waals surface area contributed by atoms with Crippen LogP contribution in [0.5, 0.6) is 0 Å². The molecular weight excluding hydrogens is 312 g/mol. The quantitative estimate of drug-likeness (QED) is 0.801. The topological polar surface area (TPSA) is 109 Å². The molecule has 3 heterocycles. The van der Waals surface area contributed by atoms with Gasteiger partial charge in [0.2, 0.25) is 17.7 Å². The highest BCUT2D eigenvalue weighted by Gasteiger charge is 2.21. The molecule has 1 aliphatic rings. The standard InChI is InChI=1S/C15H22N6O3/c1-10-6-15(24-19-10)18-14(22)7-16-12-4-3-5-21(8-12)9-13-17-11(2)23-20-13/h6,12,16H,3-5,7-9H2,1-2H3,(H,18,22)/t12-/m1/s1. The van der Waals surface area contributed by atoms with E-state index in [0.717, 1.165) is 31.6 Å². The van der Waals surface area contributed by atoms with Crippen molar-refractivity contribution in [1.29, 1.82) is 0 Å². The Morgan fingerprint density at radius 1 is 1.38 bits per heavy atom. The molecule has 0 bridgehead atoms. The maximum absolute atomic E-state index is 11.9. The van der Waals surface area contributed by atoms with Crippen molar-refractivity contribution in [2.75, 3.05) is 25.0 Å². The normalized spacial score (nSPS) is 18.7. The molecule has 9 heteroatoms. The van der Waals surface area contributed by atoms with Crippen LogP contribution in [0.3, 0.4) is 0 Å². The molecule has 0 saturated carbocycles. The molecule has 2 N–H and O–H groups in total. The summed E-state index contributed by atoms with van der Waals surface area (Å²) in [6.45, 7) is 6.33. The summed E-state index contributed by atoms with van der Waals surface area (Å²) in [7, 11) is 0. The van der Waals surface area contributed by atoms with Gasteiger partial charge >= 0.3 is 0 Å². The molecule has 1 fully saturated rings. The summed E-state index contributed by atoms with van der Waals surface area (Å²) in [6, 6.07) is 1.95. The minimum Gasteiger partial charge on any atom is -0.340 e. The molecule has 24 heavy (non-hydrogen) atoms. The van der Waals surface area contributed by atoms with Crippen LogP contribution < -0.4 is 10.6 Å². The molecule has 2 aromatic heterocycles. The fourth-order valence-corrected chi connectivity index (χ4v) is 2.81. The van der Waals surface area contributed by atoms with E-state index in [1.807, 2.05) is 0 Å². The molecule has 0 aliphatic carbocycles. The van der Waals surface area contributed by atoms with Crippen LogP contribution in [0.4, 0.5) is 5.88 Å². The van der Waals surface area contributed by atoms with Crippen LogP contribution in [0, 0.1) is 13.8 Å².